The maximum atomic E-state index is 2.12. The quantitative estimate of drug-likeness (QED) is 0.287. The lowest BCUT2D eigenvalue weighted by Crippen LogP contribution is -1.67. The third-order valence-electron chi connectivity index (χ3n) is 2.99. The summed E-state index contributed by atoms with van der Waals surface area (Å²) in [4.78, 5) is 0. The summed E-state index contributed by atoms with van der Waals surface area (Å²) < 4.78 is 0. The zero-order chi connectivity index (χ0) is 21.3. The number of hydrogen-bond acceptors (Lipinski definition) is 0. The van der Waals surface area contributed by atoms with Gasteiger partial charge < -0.3 is 0 Å². The molecular formula is C28H38. The fraction of sp³-hybridized carbons (Fsp3) is 0.214. The highest BCUT2D eigenvalue weighted by atomic mass is 13.9. The van der Waals surface area contributed by atoms with Gasteiger partial charge in [-0.2, -0.15) is 0 Å². The van der Waals surface area contributed by atoms with Gasteiger partial charge in [-0.3, -0.25) is 0 Å². The molecule has 0 unspecified atom stereocenters. The minimum Gasteiger partial charge on any atom is -0.0683 e. The van der Waals surface area contributed by atoms with Gasteiger partial charge in [-0.15, -0.1) is 0 Å². The lowest BCUT2D eigenvalue weighted by molar-refractivity contribution is 1.50. The van der Waals surface area contributed by atoms with Crippen LogP contribution in [0, 0.1) is 0 Å². The molecule has 0 aliphatic heterocycles. The third-order valence-corrected chi connectivity index (χ3v) is 2.99. The molecule has 0 aliphatic carbocycles. The van der Waals surface area contributed by atoms with Crippen molar-refractivity contribution < 1.29 is 0 Å². The van der Waals surface area contributed by atoms with Crippen molar-refractivity contribution in [2.24, 2.45) is 0 Å². The molecular weight excluding hydrogens is 336 g/mol. The SMILES string of the molecule is CC.CC.CC.c1ccc2ccccc2c1.c1ccccc1.c1ccccc1. The minimum absolute atomic E-state index is 1.31. The van der Waals surface area contributed by atoms with Crippen LogP contribution in [0.2, 0.25) is 0 Å². The molecule has 0 saturated heterocycles. The van der Waals surface area contributed by atoms with Crippen molar-refractivity contribution in [1.82, 2.24) is 0 Å². The highest BCUT2D eigenvalue weighted by Crippen LogP contribution is 2.11. The molecule has 0 heteroatoms. The molecule has 0 saturated carbocycles. The maximum Gasteiger partial charge on any atom is -0.0184 e. The van der Waals surface area contributed by atoms with Gasteiger partial charge in [0.05, 0.1) is 0 Å². The van der Waals surface area contributed by atoms with Gasteiger partial charge in [-0.25, -0.2) is 0 Å². The molecule has 0 heterocycles. The second kappa shape index (κ2) is 24.1. The Bertz CT molecular complexity index is 580. The fourth-order valence-corrected chi connectivity index (χ4v) is 1.90. The molecule has 0 aromatic heterocycles. The Balaban J connectivity index is 0. The molecule has 0 spiro atoms. The molecule has 150 valence electrons. The Labute approximate surface area is 173 Å². The first-order chi connectivity index (χ1) is 14.0. The van der Waals surface area contributed by atoms with E-state index in [-0.39, 0.29) is 0 Å². The van der Waals surface area contributed by atoms with E-state index < -0.39 is 0 Å². The van der Waals surface area contributed by atoms with Crippen LogP contribution in [0.1, 0.15) is 41.5 Å². The molecule has 0 atom stereocenters. The smallest absolute Gasteiger partial charge is 0.0184 e. The van der Waals surface area contributed by atoms with Gasteiger partial charge in [0.2, 0.25) is 0 Å². The lowest BCUT2D eigenvalue weighted by atomic mass is 10.1. The first kappa shape index (κ1) is 27.4. The van der Waals surface area contributed by atoms with E-state index >= 15 is 0 Å². The van der Waals surface area contributed by atoms with Crippen molar-refractivity contribution in [3.63, 3.8) is 0 Å². The van der Waals surface area contributed by atoms with Crippen LogP contribution in [0.4, 0.5) is 0 Å². The summed E-state index contributed by atoms with van der Waals surface area (Å²) in [6.07, 6.45) is 0. The molecule has 4 aromatic carbocycles. The molecule has 0 fully saturated rings. The number of hydrogen-bond donors (Lipinski definition) is 0. The van der Waals surface area contributed by atoms with E-state index in [1.807, 2.05) is 114 Å². The largest absolute Gasteiger partial charge is 0.0683 e. The Hall–Kier alpha value is -2.86. The average molecular weight is 375 g/mol. The van der Waals surface area contributed by atoms with Crippen LogP contribution in [0.15, 0.2) is 121 Å². The normalized spacial score (nSPS) is 7.64. The predicted molar refractivity (Wildman–Crippen MR) is 131 cm³/mol. The van der Waals surface area contributed by atoms with Gasteiger partial charge in [0, 0.05) is 0 Å². The van der Waals surface area contributed by atoms with Crippen LogP contribution in [-0.4, -0.2) is 0 Å². The highest BCUT2D eigenvalue weighted by molar-refractivity contribution is 5.81. The van der Waals surface area contributed by atoms with E-state index in [1.54, 1.807) is 0 Å². The summed E-state index contributed by atoms with van der Waals surface area (Å²) in [6, 6.07) is 40.7. The summed E-state index contributed by atoms with van der Waals surface area (Å²) in [7, 11) is 0. The Morgan fingerprint density at radius 3 is 0.536 bits per heavy atom. The van der Waals surface area contributed by atoms with Crippen LogP contribution in [0.25, 0.3) is 10.8 Å². The second-order valence-corrected chi connectivity index (χ2v) is 4.66. The number of fused-ring (bicyclic) bond motifs is 1. The van der Waals surface area contributed by atoms with Crippen molar-refractivity contribution >= 4 is 10.8 Å². The lowest BCUT2D eigenvalue weighted by Gasteiger charge is -1.92. The summed E-state index contributed by atoms with van der Waals surface area (Å²) in [6.45, 7) is 12.0. The summed E-state index contributed by atoms with van der Waals surface area (Å²) in [5.41, 5.74) is 0. The van der Waals surface area contributed by atoms with E-state index in [2.05, 4.69) is 48.5 Å². The molecule has 0 aliphatic rings. The second-order valence-electron chi connectivity index (χ2n) is 4.66. The summed E-state index contributed by atoms with van der Waals surface area (Å²) in [5, 5.41) is 2.62. The molecule has 0 radical (unpaired) electrons. The van der Waals surface area contributed by atoms with Gasteiger partial charge in [-0.05, 0) is 10.8 Å². The van der Waals surface area contributed by atoms with E-state index in [0.717, 1.165) is 0 Å². The summed E-state index contributed by atoms with van der Waals surface area (Å²) in [5.74, 6) is 0. The zero-order valence-electron chi connectivity index (χ0n) is 18.5. The van der Waals surface area contributed by atoms with E-state index in [4.69, 9.17) is 0 Å². The van der Waals surface area contributed by atoms with Crippen LogP contribution < -0.4 is 0 Å². The predicted octanol–water partition coefficient (Wildman–Crippen LogP) is 9.29. The van der Waals surface area contributed by atoms with E-state index in [9.17, 15) is 0 Å². The molecule has 0 amide bonds. The maximum absolute atomic E-state index is 2.12. The van der Waals surface area contributed by atoms with Gasteiger partial charge in [0.15, 0.2) is 0 Å². The molecule has 0 bridgehead atoms. The first-order valence-corrected chi connectivity index (χ1v) is 10.4. The van der Waals surface area contributed by atoms with Crippen LogP contribution >= 0.6 is 0 Å². The average Bonchev–Trinajstić information content (AvgIpc) is 2.86. The topological polar surface area (TPSA) is 0 Å². The van der Waals surface area contributed by atoms with Crippen molar-refractivity contribution in [3.8, 4) is 0 Å². The standard InChI is InChI=1S/C10H8.2C6H6.3C2H6/c1-2-6-10-8-4-3-7-9(10)5-1;2*1-2-4-6-5-3-1;3*1-2/h1-8H;2*1-6H;3*1-2H3. The van der Waals surface area contributed by atoms with Crippen LogP contribution in [-0.2, 0) is 0 Å². The van der Waals surface area contributed by atoms with Crippen molar-refractivity contribution in [3.05, 3.63) is 121 Å². The fourth-order valence-electron chi connectivity index (χ4n) is 1.90. The van der Waals surface area contributed by atoms with E-state index in [1.165, 1.54) is 10.8 Å². The van der Waals surface area contributed by atoms with Gasteiger partial charge in [-0.1, -0.05) is 163 Å². The number of rotatable bonds is 0. The van der Waals surface area contributed by atoms with Crippen LogP contribution in [0.5, 0.6) is 0 Å². The van der Waals surface area contributed by atoms with Gasteiger partial charge in [0.1, 0.15) is 0 Å². The highest BCUT2D eigenvalue weighted by Gasteiger charge is 1.85. The monoisotopic (exact) mass is 374 g/mol. The molecule has 4 rings (SSSR count). The van der Waals surface area contributed by atoms with Gasteiger partial charge >= 0.3 is 0 Å². The van der Waals surface area contributed by atoms with Gasteiger partial charge in [0.25, 0.3) is 0 Å². The zero-order valence-corrected chi connectivity index (χ0v) is 18.5. The first-order valence-electron chi connectivity index (χ1n) is 10.4. The Kier molecular flexibility index (Phi) is 23.6. The minimum atomic E-state index is 1.31. The number of benzene rings is 4. The molecule has 4 aromatic rings. The van der Waals surface area contributed by atoms with E-state index in [0.29, 0.717) is 0 Å². The van der Waals surface area contributed by atoms with Crippen molar-refractivity contribution in [2.45, 2.75) is 41.5 Å². The molecule has 0 nitrogen and oxygen atoms in total. The third kappa shape index (κ3) is 15.4. The van der Waals surface area contributed by atoms with Crippen molar-refractivity contribution in [2.75, 3.05) is 0 Å². The molecule has 0 N–H and O–H groups in total. The summed E-state index contributed by atoms with van der Waals surface area (Å²) >= 11 is 0. The van der Waals surface area contributed by atoms with Crippen LogP contribution in [0.3, 0.4) is 0 Å². The van der Waals surface area contributed by atoms with Crippen molar-refractivity contribution in [1.29, 1.82) is 0 Å². The Morgan fingerprint density at radius 1 is 0.250 bits per heavy atom. The molecule has 28 heavy (non-hydrogen) atoms. The Morgan fingerprint density at radius 2 is 0.393 bits per heavy atom.